The first-order valence-corrected chi connectivity index (χ1v) is 6.32. The first kappa shape index (κ1) is 14.0. The van der Waals surface area contributed by atoms with E-state index in [1.165, 1.54) is 23.9 Å². The van der Waals surface area contributed by atoms with Gasteiger partial charge in [0.2, 0.25) is 0 Å². The minimum atomic E-state index is -0.635. The molecule has 5 nitrogen and oxygen atoms in total. The van der Waals surface area contributed by atoms with Crippen LogP contribution in [0.15, 0.2) is 23.0 Å². The Morgan fingerprint density at radius 3 is 2.70 bits per heavy atom. The molecule has 1 amide bonds. The van der Waals surface area contributed by atoms with Crippen LogP contribution in [0.5, 0.6) is 0 Å². The predicted molar refractivity (Wildman–Crippen MR) is 76.2 cm³/mol. The van der Waals surface area contributed by atoms with Gasteiger partial charge in [-0.3, -0.25) is 9.59 Å². The summed E-state index contributed by atoms with van der Waals surface area (Å²) >= 11 is 0. The summed E-state index contributed by atoms with van der Waals surface area (Å²) in [7, 11) is 1.50. The van der Waals surface area contributed by atoms with Crippen LogP contribution in [0, 0.1) is 12.7 Å². The van der Waals surface area contributed by atoms with Gasteiger partial charge in [0, 0.05) is 19.0 Å². The number of amides is 1. The van der Waals surface area contributed by atoms with E-state index in [1.54, 1.807) is 13.0 Å². The molecule has 2 aromatic rings. The molecule has 0 aliphatic carbocycles. The van der Waals surface area contributed by atoms with E-state index >= 15 is 0 Å². The molecule has 2 N–H and O–H groups in total. The van der Waals surface area contributed by atoms with E-state index in [2.05, 4.69) is 10.7 Å². The second kappa shape index (κ2) is 5.32. The maximum absolute atomic E-state index is 14.0. The molecule has 6 heteroatoms. The number of hydrogen-bond acceptors (Lipinski definition) is 3. The summed E-state index contributed by atoms with van der Waals surface area (Å²) in [6.07, 6.45) is 0. The minimum absolute atomic E-state index is 0.0855. The van der Waals surface area contributed by atoms with Crippen molar-refractivity contribution in [3.8, 4) is 0 Å². The van der Waals surface area contributed by atoms with Gasteiger partial charge < -0.3 is 10.7 Å². The van der Waals surface area contributed by atoms with Crippen molar-refractivity contribution in [1.82, 2.24) is 9.99 Å². The van der Waals surface area contributed by atoms with E-state index in [1.807, 2.05) is 6.92 Å². The first-order chi connectivity index (χ1) is 9.52. The van der Waals surface area contributed by atoms with Crippen molar-refractivity contribution in [1.29, 1.82) is 0 Å². The Morgan fingerprint density at radius 1 is 1.40 bits per heavy atom. The molecule has 0 atom stereocenters. The highest BCUT2D eigenvalue weighted by atomic mass is 19.1. The molecule has 0 fully saturated rings. The second-order valence-corrected chi connectivity index (χ2v) is 4.35. The summed E-state index contributed by atoms with van der Waals surface area (Å²) in [4.78, 5) is 24.4. The lowest BCUT2D eigenvalue weighted by atomic mass is 10.0. The molecule has 0 bridgehead atoms. The number of aromatic nitrogens is 1. The molecule has 0 aliphatic rings. The van der Waals surface area contributed by atoms with Gasteiger partial charge in [0.1, 0.15) is 5.82 Å². The van der Waals surface area contributed by atoms with Crippen LogP contribution in [-0.2, 0) is 0 Å². The summed E-state index contributed by atoms with van der Waals surface area (Å²) in [6.45, 7) is 3.95. The number of carbonyl (C=O) groups is 1. The number of hydrogen-bond donors (Lipinski definition) is 2. The lowest BCUT2D eigenvalue weighted by Crippen LogP contribution is -2.34. The second-order valence-electron chi connectivity index (χ2n) is 4.35. The molecule has 0 spiro atoms. The van der Waals surface area contributed by atoms with Crippen molar-refractivity contribution in [2.45, 2.75) is 13.8 Å². The zero-order chi connectivity index (χ0) is 14.9. The van der Waals surface area contributed by atoms with Gasteiger partial charge in [0.15, 0.2) is 0 Å². The Balaban J connectivity index is 3.00. The number of nitrogens with zero attached hydrogens (tertiary/aromatic N) is 1. The average Bonchev–Trinajstić information content (AvgIpc) is 2.43. The number of nitrogens with one attached hydrogen (secondary N) is 2. The Labute approximate surface area is 115 Å². The van der Waals surface area contributed by atoms with Crippen LogP contribution in [0.4, 0.5) is 4.39 Å². The van der Waals surface area contributed by atoms with Crippen molar-refractivity contribution in [2.75, 3.05) is 19.0 Å². The van der Waals surface area contributed by atoms with Gasteiger partial charge in [-0.1, -0.05) is 12.1 Å². The molecular weight excluding hydrogens is 261 g/mol. The van der Waals surface area contributed by atoms with E-state index in [4.69, 9.17) is 0 Å². The smallest absolute Gasteiger partial charge is 0.279 e. The van der Waals surface area contributed by atoms with E-state index < -0.39 is 11.4 Å². The number of halogens is 1. The van der Waals surface area contributed by atoms with Crippen LogP contribution < -0.4 is 16.3 Å². The standard InChI is InChI=1S/C14H16FN3O2/c1-4-17-18-8(2)11(13(19)16-3)9-6-5-7-10(15)12(9)14(18)20/h5-7,17H,4H2,1-3H3,(H,16,19). The zero-order valence-electron chi connectivity index (χ0n) is 11.6. The number of rotatable bonds is 3. The van der Waals surface area contributed by atoms with Crippen LogP contribution in [0.25, 0.3) is 10.8 Å². The van der Waals surface area contributed by atoms with Crippen LogP contribution >= 0.6 is 0 Å². The van der Waals surface area contributed by atoms with Crippen molar-refractivity contribution in [3.05, 3.63) is 45.6 Å². The molecule has 2 rings (SSSR count). The van der Waals surface area contributed by atoms with Crippen LogP contribution in [0.1, 0.15) is 23.0 Å². The van der Waals surface area contributed by atoms with E-state index in [-0.39, 0.29) is 11.3 Å². The van der Waals surface area contributed by atoms with Crippen molar-refractivity contribution >= 4 is 16.7 Å². The highest BCUT2D eigenvalue weighted by molar-refractivity contribution is 6.07. The van der Waals surface area contributed by atoms with Crippen LogP contribution in [-0.4, -0.2) is 24.2 Å². The van der Waals surface area contributed by atoms with Crippen molar-refractivity contribution in [2.24, 2.45) is 0 Å². The largest absolute Gasteiger partial charge is 0.355 e. The first-order valence-electron chi connectivity index (χ1n) is 6.32. The highest BCUT2D eigenvalue weighted by Crippen LogP contribution is 2.21. The molecule has 1 aromatic heterocycles. The number of pyridine rings is 1. The highest BCUT2D eigenvalue weighted by Gasteiger charge is 2.20. The maximum atomic E-state index is 14.0. The lowest BCUT2D eigenvalue weighted by Gasteiger charge is -2.17. The third-order valence-corrected chi connectivity index (χ3v) is 3.17. The summed E-state index contributed by atoms with van der Waals surface area (Å²) in [5.41, 5.74) is 3.09. The third kappa shape index (κ3) is 2.03. The SMILES string of the molecule is CCNn1c(C)c(C(=O)NC)c2cccc(F)c2c1=O. The monoisotopic (exact) mass is 277 g/mol. The Morgan fingerprint density at radius 2 is 2.10 bits per heavy atom. The van der Waals surface area contributed by atoms with Crippen molar-refractivity contribution < 1.29 is 9.18 Å². The molecule has 0 radical (unpaired) electrons. The van der Waals surface area contributed by atoms with Gasteiger partial charge in [-0.15, -0.1) is 0 Å². The van der Waals surface area contributed by atoms with Gasteiger partial charge in [0.25, 0.3) is 11.5 Å². The normalized spacial score (nSPS) is 10.6. The molecule has 20 heavy (non-hydrogen) atoms. The molecule has 0 aliphatic heterocycles. The molecule has 0 saturated carbocycles. The fourth-order valence-electron chi connectivity index (χ4n) is 2.28. The number of carbonyl (C=O) groups excluding carboxylic acids is 1. The Hall–Kier alpha value is -2.37. The number of benzene rings is 1. The fourth-order valence-corrected chi connectivity index (χ4v) is 2.28. The maximum Gasteiger partial charge on any atom is 0.279 e. The minimum Gasteiger partial charge on any atom is -0.355 e. The van der Waals surface area contributed by atoms with Gasteiger partial charge in [0.05, 0.1) is 16.6 Å². The molecule has 0 unspecified atom stereocenters. The summed E-state index contributed by atoms with van der Waals surface area (Å²) in [6, 6.07) is 4.28. The Bertz CT molecular complexity index is 737. The van der Waals surface area contributed by atoms with Gasteiger partial charge in [-0.05, 0) is 19.9 Å². The quantitative estimate of drug-likeness (QED) is 0.890. The molecule has 1 heterocycles. The zero-order valence-corrected chi connectivity index (χ0v) is 11.6. The van der Waals surface area contributed by atoms with Gasteiger partial charge in [-0.2, -0.15) is 0 Å². The summed E-state index contributed by atoms with van der Waals surface area (Å²) in [5.74, 6) is -0.992. The van der Waals surface area contributed by atoms with E-state index in [0.717, 1.165) is 0 Å². The predicted octanol–water partition coefficient (Wildman–Crippen LogP) is 1.37. The number of fused-ring (bicyclic) bond motifs is 1. The summed E-state index contributed by atoms with van der Waals surface area (Å²) in [5, 5.41) is 2.75. The molecular formula is C14H16FN3O2. The van der Waals surface area contributed by atoms with Gasteiger partial charge >= 0.3 is 0 Å². The summed E-state index contributed by atoms with van der Waals surface area (Å²) < 4.78 is 15.2. The van der Waals surface area contributed by atoms with Crippen molar-refractivity contribution in [3.63, 3.8) is 0 Å². The topological polar surface area (TPSA) is 63.1 Å². The van der Waals surface area contributed by atoms with E-state index in [9.17, 15) is 14.0 Å². The van der Waals surface area contributed by atoms with E-state index in [0.29, 0.717) is 23.2 Å². The lowest BCUT2D eigenvalue weighted by molar-refractivity contribution is 0.0963. The van der Waals surface area contributed by atoms with Gasteiger partial charge in [-0.25, -0.2) is 9.07 Å². The average molecular weight is 277 g/mol. The molecule has 106 valence electrons. The van der Waals surface area contributed by atoms with Crippen LogP contribution in [0.2, 0.25) is 0 Å². The molecule has 1 aromatic carbocycles. The van der Waals surface area contributed by atoms with Crippen LogP contribution in [0.3, 0.4) is 0 Å². The fraction of sp³-hybridized carbons (Fsp3) is 0.286. The third-order valence-electron chi connectivity index (χ3n) is 3.17. The molecule has 0 saturated heterocycles. The Kier molecular flexibility index (Phi) is 3.74.